The number of benzene rings is 2. The normalized spacial score (nSPS) is 11.0. The second kappa shape index (κ2) is 5.05. The minimum atomic E-state index is -0.0329. The Bertz CT molecular complexity index is 861. The van der Waals surface area contributed by atoms with Gasteiger partial charge in [0.15, 0.2) is 5.78 Å². The maximum absolute atomic E-state index is 12.8. The lowest BCUT2D eigenvalue weighted by Gasteiger charge is -2.04. The first-order chi connectivity index (χ1) is 9.97. The number of carbonyl (C=O) groups is 1. The van der Waals surface area contributed by atoms with E-state index in [9.17, 15) is 4.79 Å². The van der Waals surface area contributed by atoms with E-state index >= 15 is 0 Å². The van der Waals surface area contributed by atoms with Crippen LogP contribution in [0.15, 0.2) is 42.6 Å². The number of aryl methyl sites for hydroxylation is 3. The van der Waals surface area contributed by atoms with Gasteiger partial charge < -0.3 is 4.57 Å². The second-order valence-electron chi connectivity index (χ2n) is 5.49. The van der Waals surface area contributed by atoms with Gasteiger partial charge in [-0.1, -0.05) is 29.8 Å². The van der Waals surface area contributed by atoms with Crippen LogP contribution in [-0.2, 0) is 7.05 Å². The highest BCUT2D eigenvalue weighted by Gasteiger charge is 2.18. The monoisotopic (exact) mass is 297 g/mol. The number of carbonyl (C=O) groups excluding carboxylic acids is 1. The average Bonchev–Trinajstić information content (AvgIpc) is 2.75. The Morgan fingerprint density at radius 2 is 1.67 bits per heavy atom. The number of rotatable bonds is 2. The van der Waals surface area contributed by atoms with E-state index in [0.29, 0.717) is 16.1 Å². The largest absolute Gasteiger partial charge is 0.350 e. The third-order valence-corrected chi connectivity index (χ3v) is 4.07. The predicted molar refractivity (Wildman–Crippen MR) is 87.3 cm³/mol. The van der Waals surface area contributed by atoms with E-state index in [1.54, 1.807) is 6.07 Å². The summed E-state index contributed by atoms with van der Waals surface area (Å²) < 4.78 is 1.98. The third kappa shape index (κ3) is 2.36. The van der Waals surface area contributed by atoms with Crippen molar-refractivity contribution in [2.24, 2.45) is 7.05 Å². The molecule has 2 aromatic carbocycles. The van der Waals surface area contributed by atoms with Gasteiger partial charge in [-0.05, 0) is 43.2 Å². The summed E-state index contributed by atoms with van der Waals surface area (Å²) >= 11 is 6.23. The Morgan fingerprint density at radius 3 is 2.38 bits per heavy atom. The van der Waals surface area contributed by atoms with Gasteiger partial charge in [-0.25, -0.2) is 0 Å². The van der Waals surface area contributed by atoms with E-state index in [1.807, 2.05) is 55.9 Å². The number of nitrogens with zero attached hydrogens (tertiary/aromatic N) is 1. The van der Waals surface area contributed by atoms with Crippen LogP contribution in [0.25, 0.3) is 10.9 Å². The summed E-state index contributed by atoms with van der Waals surface area (Å²) in [7, 11) is 1.95. The molecule has 3 heteroatoms. The molecule has 0 amide bonds. The number of aromatic nitrogens is 1. The van der Waals surface area contributed by atoms with E-state index in [4.69, 9.17) is 11.6 Å². The van der Waals surface area contributed by atoms with Crippen LogP contribution in [0.1, 0.15) is 27.0 Å². The lowest BCUT2D eigenvalue weighted by atomic mass is 10.0. The Morgan fingerprint density at radius 1 is 1.00 bits per heavy atom. The molecule has 0 bridgehead atoms. The molecule has 106 valence electrons. The zero-order valence-corrected chi connectivity index (χ0v) is 13.0. The standard InChI is InChI=1S/C18H16ClNO/c1-11-5-7-14(16(19)8-11)18(21)15-10-20(3)17-9-12(2)4-6-13(15)17/h4-10H,1-3H3. The van der Waals surface area contributed by atoms with Crippen molar-refractivity contribution >= 4 is 28.3 Å². The molecule has 3 aromatic rings. The SMILES string of the molecule is Cc1ccc(C(=O)c2cn(C)c3cc(C)ccc23)c(Cl)c1. The first kappa shape index (κ1) is 13.9. The molecular formula is C18H16ClNO. The molecule has 0 N–H and O–H groups in total. The molecule has 0 saturated heterocycles. The van der Waals surface area contributed by atoms with Gasteiger partial charge in [-0.15, -0.1) is 0 Å². The predicted octanol–water partition coefficient (Wildman–Crippen LogP) is 4.68. The third-order valence-electron chi connectivity index (χ3n) is 3.76. The summed E-state index contributed by atoms with van der Waals surface area (Å²) in [5.74, 6) is -0.0329. The molecule has 0 radical (unpaired) electrons. The van der Waals surface area contributed by atoms with Crippen molar-refractivity contribution in [2.45, 2.75) is 13.8 Å². The van der Waals surface area contributed by atoms with Crippen molar-refractivity contribution < 1.29 is 4.79 Å². The van der Waals surface area contributed by atoms with Crippen molar-refractivity contribution in [3.05, 3.63) is 69.9 Å². The summed E-state index contributed by atoms with van der Waals surface area (Å²) in [4.78, 5) is 12.8. The molecule has 0 saturated carbocycles. The Labute approximate surface area is 129 Å². The number of hydrogen-bond acceptors (Lipinski definition) is 1. The van der Waals surface area contributed by atoms with Crippen LogP contribution in [0.5, 0.6) is 0 Å². The highest BCUT2D eigenvalue weighted by Crippen LogP contribution is 2.27. The summed E-state index contributed by atoms with van der Waals surface area (Å²) in [5.41, 5.74) is 4.52. The van der Waals surface area contributed by atoms with Crippen LogP contribution in [0.2, 0.25) is 5.02 Å². The molecule has 0 aliphatic carbocycles. The highest BCUT2D eigenvalue weighted by atomic mass is 35.5. The Hall–Kier alpha value is -2.06. The first-order valence-corrected chi connectivity index (χ1v) is 7.21. The molecule has 0 aliphatic rings. The van der Waals surface area contributed by atoms with E-state index in [0.717, 1.165) is 16.5 Å². The lowest BCUT2D eigenvalue weighted by Crippen LogP contribution is -2.01. The topological polar surface area (TPSA) is 22.0 Å². The minimum Gasteiger partial charge on any atom is -0.350 e. The van der Waals surface area contributed by atoms with Gasteiger partial charge >= 0.3 is 0 Å². The number of hydrogen-bond donors (Lipinski definition) is 0. The van der Waals surface area contributed by atoms with E-state index < -0.39 is 0 Å². The van der Waals surface area contributed by atoms with Gasteiger partial charge in [-0.2, -0.15) is 0 Å². The smallest absolute Gasteiger partial charge is 0.196 e. The van der Waals surface area contributed by atoms with Crippen LogP contribution in [-0.4, -0.2) is 10.4 Å². The van der Waals surface area contributed by atoms with E-state index in [1.165, 1.54) is 5.56 Å². The van der Waals surface area contributed by atoms with Crippen LogP contribution in [0.4, 0.5) is 0 Å². The molecule has 1 heterocycles. The van der Waals surface area contributed by atoms with Crippen LogP contribution in [0, 0.1) is 13.8 Å². The highest BCUT2D eigenvalue weighted by molar-refractivity contribution is 6.35. The maximum Gasteiger partial charge on any atom is 0.196 e. The number of ketones is 1. The summed E-state index contributed by atoms with van der Waals surface area (Å²) in [6.07, 6.45) is 1.88. The molecule has 21 heavy (non-hydrogen) atoms. The second-order valence-corrected chi connectivity index (χ2v) is 5.89. The minimum absolute atomic E-state index is 0.0329. The van der Waals surface area contributed by atoms with Gasteiger partial charge in [0.2, 0.25) is 0 Å². The van der Waals surface area contributed by atoms with E-state index in [2.05, 4.69) is 6.07 Å². The molecule has 0 fully saturated rings. The molecule has 3 rings (SSSR count). The molecule has 0 unspecified atom stereocenters. The van der Waals surface area contributed by atoms with Gasteiger partial charge in [0.05, 0.1) is 5.02 Å². The molecule has 1 aromatic heterocycles. The zero-order valence-electron chi connectivity index (χ0n) is 12.3. The fourth-order valence-corrected chi connectivity index (χ4v) is 2.95. The Balaban J connectivity index is 2.18. The average molecular weight is 298 g/mol. The molecule has 2 nitrogen and oxygen atoms in total. The van der Waals surface area contributed by atoms with Crippen molar-refractivity contribution in [2.75, 3.05) is 0 Å². The number of halogens is 1. The van der Waals surface area contributed by atoms with Gasteiger partial charge in [-0.3, -0.25) is 4.79 Å². The summed E-state index contributed by atoms with van der Waals surface area (Å²) in [6.45, 7) is 4.01. The Kier molecular flexibility index (Phi) is 3.34. The van der Waals surface area contributed by atoms with Gasteiger partial charge in [0.25, 0.3) is 0 Å². The van der Waals surface area contributed by atoms with Gasteiger partial charge in [0.1, 0.15) is 0 Å². The van der Waals surface area contributed by atoms with Crippen LogP contribution >= 0.6 is 11.6 Å². The van der Waals surface area contributed by atoms with Crippen molar-refractivity contribution in [3.63, 3.8) is 0 Å². The van der Waals surface area contributed by atoms with Crippen molar-refractivity contribution in [1.82, 2.24) is 4.57 Å². The van der Waals surface area contributed by atoms with E-state index in [-0.39, 0.29) is 5.78 Å². The molecule has 0 aliphatic heterocycles. The van der Waals surface area contributed by atoms with Crippen LogP contribution in [0.3, 0.4) is 0 Å². The maximum atomic E-state index is 12.8. The zero-order chi connectivity index (χ0) is 15.1. The fourth-order valence-electron chi connectivity index (χ4n) is 2.62. The van der Waals surface area contributed by atoms with Crippen molar-refractivity contribution in [1.29, 1.82) is 0 Å². The molecule has 0 spiro atoms. The summed E-state index contributed by atoms with van der Waals surface area (Å²) in [5, 5.41) is 1.47. The molecule has 0 atom stereocenters. The lowest BCUT2D eigenvalue weighted by molar-refractivity contribution is 0.104. The summed E-state index contributed by atoms with van der Waals surface area (Å²) in [6, 6.07) is 11.6. The quantitative estimate of drug-likeness (QED) is 0.630. The fraction of sp³-hybridized carbons (Fsp3) is 0.167. The van der Waals surface area contributed by atoms with Gasteiger partial charge in [0, 0.05) is 35.3 Å². The first-order valence-electron chi connectivity index (χ1n) is 6.84. The number of fused-ring (bicyclic) bond motifs is 1. The molecular weight excluding hydrogens is 282 g/mol. The van der Waals surface area contributed by atoms with Crippen LogP contribution < -0.4 is 0 Å². The van der Waals surface area contributed by atoms with Crippen molar-refractivity contribution in [3.8, 4) is 0 Å².